The highest BCUT2D eigenvalue weighted by molar-refractivity contribution is 7.92. The van der Waals surface area contributed by atoms with Gasteiger partial charge in [0.1, 0.15) is 0 Å². The summed E-state index contributed by atoms with van der Waals surface area (Å²) in [5.74, 6) is 0. The van der Waals surface area contributed by atoms with E-state index in [0.717, 1.165) is 19.4 Å². The van der Waals surface area contributed by atoms with Gasteiger partial charge in [-0.2, -0.15) is 0 Å². The van der Waals surface area contributed by atoms with Crippen molar-refractivity contribution in [2.45, 2.75) is 31.4 Å². The smallest absolute Gasteiger partial charge is 0.153 e. The van der Waals surface area contributed by atoms with Gasteiger partial charge in [0.15, 0.2) is 9.84 Å². The standard InChI is InChI=1S/C14H23NO2S/c1-14(2,18(3,16)17)12-15-11-7-10-13-8-5-4-6-9-13/h4-6,8-9,15H,7,10-12H2,1-3H3. The number of sulfone groups is 1. The molecule has 0 fully saturated rings. The van der Waals surface area contributed by atoms with Crippen LogP contribution in [-0.2, 0) is 16.3 Å². The minimum absolute atomic E-state index is 0.501. The van der Waals surface area contributed by atoms with Crippen LogP contribution in [0.2, 0.25) is 0 Å². The zero-order valence-electron chi connectivity index (χ0n) is 11.4. The summed E-state index contributed by atoms with van der Waals surface area (Å²) in [7, 11) is -3.00. The SMILES string of the molecule is CC(C)(CNCCCc1ccccc1)S(C)(=O)=O. The van der Waals surface area contributed by atoms with Crippen LogP contribution in [-0.4, -0.2) is 32.5 Å². The minimum atomic E-state index is -3.00. The first-order valence-electron chi connectivity index (χ1n) is 6.27. The number of rotatable bonds is 7. The van der Waals surface area contributed by atoms with E-state index in [4.69, 9.17) is 0 Å². The van der Waals surface area contributed by atoms with Crippen molar-refractivity contribution in [2.75, 3.05) is 19.3 Å². The number of hydrogen-bond acceptors (Lipinski definition) is 3. The van der Waals surface area contributed by atoms with Gasteiger partial charge < -0.3 is 5.32 Å². The van der Waals surface area contributed by atoms with Gasteiger partial charge in [-0.15, -0.1) is 0 Å². The lowest BCUT2D eigenvalue weighted by molar-refractivity contribution is 0.518. The summed E-state index contributed by atoms with van der Waals surface area (Å²) in [6.45, 7) is 4.85. The fourth-order valence-electron chi connectivity index (χ4n) is 1.58. The molecular formula is C14H23NO2S. The number of hydrogen-bond donors (Lipinski definition) is 1. The molecule has 0 saturated heterocycles. The summed E-state index contributed by atoms with van der Waals surface area (Å²) in [4.78, 5) is 0. The summed E-state index contributed by atoms with van der Waals surface area (Å²) >= 11 is 0. The molecule has 0 heterocycles. The topological polar surface area (TPSA) is 46.2 Å². The van der Waals surface area contributed by atoms with Crippen molar-refractivity contribution < 1.29 is 8.42 Å². The van der Waals surface area contributed by atoms with Crippen molar-refractivity contribution in [3.8, 4) is 0 Å². The van der Waals surface area contributed by atoms with Crippen molar-refractivity contribution >= 4 is 9.84 Å². The molecule has 1 rings (SSSR count). The zero-order chi connectivity index (χ0) is 13.6. The Morgan fingerprint density at radius 2 is 1.78 bits per heavy atom. The normalized spacial score (nSPS) is 12.6. The average molecular weight is 269 g/mol. The van der Waals surface area contributed by atoms with Crippen molar-refractivity contribution in [3.63, 3.8) is 0 Å². The maximum atomic E-state index is 11.5. The van der Waals surface area contributed by atoms with Gasteiger partial charge in [0.05, 0.1) is 4.75 Å². The first-order valence-corrected chi connectivity index (χ1v) is 8.16. The third-order valence-electron chi connectivity index (χ3n) is 3.22. The summed E-state index contributed by atoms with van der Waals surface area (Å²) in [5.41, 5.74) is 1.32. The van der Waals surface area contributed by atoms with Crippen molar-refractivity contribution in [3.05, 3.63) is 35.9 Å². The first-order chi connectivity index (χ1) is 8.33. The van der Waals surface area contributed by atoms with Gasteiger partial charge >= 0.3 is 0 Å². The molecule has 1 aromatic rings. The van der Waals surface area contributed by atoms with Crippen LogP contribution in [0.25, 0.3) is 0 Å². The molecule has 0 aliphatic rings. The van der Waals surface area contributed by atoms with Gasteiger partial charge in [0.2, 0.25) is 0 Å². The van der Waals surface area contributed by atoms with E-state index in [1.165, 1.54) is 11.8 Å². The molecule has 102 valence electrons. The second-order valence-corrected chi connectivity index (χ2v) is 7.95. The van der Waals surface area contributed by atoms with Crippen LogP contribution in [0.3, 0.4) is 0 Å². The summed E-state index contributed by atoms with van der Waals surface area (Å²) in [6, 6.07) is 10.3. The van der Waals surface area contributed by atoms with E-state index in [2.05, 4.69) is 17.4 Å². The highest BCUT2D eigenvalue weighted by Gasteiger charge is 2.29. The summed E-state index contributed by atoms with van der Waals surface area (Å²) < 4.78 is 22.3. The van der Waals surface area contributed by atoms with Crippen LogP contribution >= 0.6 is 0 Å². The molecule has 0 aliphatic heterocycles. The Morgan fingerprint density at radius 1 is 1.17 bits per heavy atom. The van der Waals surface area contributed by atoms with Gasteiger partial charge in [0, 0.05) is 12.8 Å². The molecular weight excluding hydrogens is 246 g/mol. The Bertz CT molecular complexity index is 452. The molecule has 0 bridgehead atoms. The fraction of sp³-hybridized carbons (Fsp3) is 0.571. The molecule has 1 aromatic carbocycles. The van der Waals surface area contributed by atoms with Crippen molar-refractivity contribution in [1.82, 2.24) is 5.32 Å². The van der Waals surface area contributed by atoms with E-state index in [1.807, 2.05) is 18.2 Å². The van der Waals surface area contributed by atoms with Crippen LogP contribution in [0.1, 0.15) is 25.8 Å². The second kappa shape index (κ2) is 6.34. The Balaban J connectivity index is 2.24. The van der Waals surface area contributed by atoms with Crippen LogP contribution in [0.5, 0.6) is 0 Å². The third kappa shape index (κ3) is 4.78. The molecule has 1 N–H and O–H groups in total. The summed E-state index contributed by atoms with van der Waals surface area (Å²) in [6.07, 6.45) is 3.33. The van der Waals surface area contributed by atoms with E-state index >= 15 is 0 Å². The molecule has 18 heavy (non-hydrogen) atoms. The molecule has 0 aromatic heterocycles. The molecule has 4 heteroatoms. The predicted octanol–water partition coefficient (Wildman–Crippen LogP) is 2.03. The largest absolute Gasteiger partial charge is 0.315 e. The van der Waals surface area contributed by atoms with Crippen LogP contribution in [0.15, 0.2) is 30.3 Å². The second-order valence-electron chi connectivity index (χ2n) is 5.30. The van der Waals surface area contributed by atoms with E-state index < -0.39 is 14.6 Å². The van der Waals surface area contributed by atoms with Crippen molar-refractivity contribution in [2.24, 2.45) is 0 Å². The number of nitrogens with one attached hydrogen (secondary N) is 1. The minimum Gasteiger partial charge on any atom is -0.315 e. The lowest BCUT2D eigenvalue weighted by Gasteiger charge is -2.22. The summed E-state index contributed by atoms with van der Waals surface area (Å²) in [5, 5.41) is 3.22. The maximum absolute atomic E-state index is 11.5. The molecule has 0 atom stereocenters. The van der Waals surface area contributed by atoms with E-state index in [0.29, 0.717) is 6.54 Å². The van der Waals surface area contributed by atoms with Crippen LogP contribution in [0, 0.1) is 0 Å². The van der Waals surface area contributed by atoms with Crippen LogP contribution in [0.4, 0.5) is 0 Å². The molecule has 0 saturated carbocycles. The van der Waals surface area contributed by atoms with Gasteiger partial charge in [-0.05, 0) is 38.8 Å². The lowest BCUT2D eigenvalue weighted by Crippen LogP contribution is -2.42. The van der Waals surface area contributed by atoms with Gasteiger partial charge in [0.25, 0.3) is 0 Å². The van der Waals surface area contributed by atoms with E-state index in [-0.39, 0.29) is 0 Å². The average Bonchev–Trinajstić information content (AvgIpc) is 2.28. The first kappa shape index (κ1) is 15.2. The molecule has 0 spiro atoms. The van der Waals surface area contributed by atoms with Gasteiger partial charge in [-0.1, -0.05) is 30.3 Å². The zero-order valence-corrected chi connectivity index (χ0v) is 12.3. The molecule has 3 nitrogen and oxygen atoms in total. The maximum Gasteiger partial charge on any atom is 0.153 e. The number of aryl methyl sites for hydroxylation is 1. The Labute approximate surface area is 111 Å². The highest BCUT2D eigenvalue weighted by Crippen LogP contribution is 2.13. The van der Waals surface area contributed by atoms with Crippen molar-refractivity contribution in [1.29, 1.82) is 0 Å². The fourth-order valence-corrected chi connectivity index (χ4v) is 1.95. The Kier molecular flexibility index (Phi) is 5.35. The van der Waals surface area contributed by atoms with Gasteiger partial charge in [-0.25, -0.2) is 8.42 Å². The quantitative estimate of drug-likeness (QED) is 0.770. The number of benzene rings is 1. The van der Waals surface area contributed by atoms with Crippen LogP contribution < -0.4 is 5.32 Å². The molecule has 0 unspecified atom stereocenters. The third-order valence-corrected chi connectivity index (χ3v) is 5.37. The molecule has 0 radical (unpaired) electrons. The molecule has 0 amide bonds. The van der Waals surface area contributed by atoms with Gasteiger partial charge in [-0.3, -0.25) is 0 Å². The van der Waals surface area contributed by atoms with E-state index in [9.17, 15) is 8.42 Å². The predicted molar refractivity (Wildman–Crippen MR) is 76.6 cm³/mol. The Hall–Kier alpha value is -0.870. The molecule has 0 aliphatic carbocycles. The Morgan fingerprint density at radius 3 is 2.33 bits per heavy atom. The van der Waals surface area contributed by atoms with E-state index in [1.54, 1.807) is 13.8 Å². The highest BCUT2D eigenvalue weighted by atomic mass is 32.2. The monoisotopic (exact) mass is 269 g/mol. The lowest BCUT2D eigenvalue weighted by atomic mass is 10.1.